The van der Waals surface area contributed by atoms with E-state index in [9.17, 15) is 18.0 Å². The number of rotatable bonds is 8. The topological polar surface area (TPSA) is 108 Å². The van der Waals surface area contributed by atoms with Crippen LogP contribution in [0.15, 0.2) is 42.6 Å². The van der Waals surface area contributed by atoms with E-state index in [1.165, 1.54) is 29.5 Å². The second-order valence-electron chi connectivity index (χ2n) is 8.47. The predicted molar refractivity (Wildman–Crippen MR) is 127 cm³/mol. The van der Waals surface area contributed by atoms with Crippen LogP contribution in [-0.2, 0) is 4.79 Å². The normalized spacial score (nSPS) is 19.0. The average molecular weight is 521 g/mol. The first kappa shape index (κ1) is 24.2. The number of alkyl halides is 3. The molecule has 5 rings (SSSR count). The van der Waals surface area contributed by atoms with Crippen LogP contribution in [0.3, 0.4) is 0 Å². The average Bonchev–Trinajstić information content (AvgIpc) is 3.45. The number of hydrogen-bond donors (Lipinski definition) is 2. The molecule has 4 heterocycles. The van der Waals surface area contributed by atoms with Crippen molar-refractivity contribution in [2.24, 2.45) is 0 Å². The zero-order chi connectivity index (χ0) is 25.1. The molecule has 1 unspecified atom stereocenters. The Morgan fingerprint density at radius 1 is 1.11 bits per heavy atom. The van der Waals surface area contributed by atoms with Crippen molar-refractivity contribution in [1.29, 1.82) is 0 Å². The van der Waals surface area contributed by atoms with E-state index in [0.717, 1.165) is 31.7 Å². The standard InChI is InChI=1S/C22H23F3N8O2S/c23-22(24,25)35-16-5-1-4-14(12-16)18(32-9-3-10-32)19(34)28-21-31-30-20(36-21)27-15-7-11-33(13-15)17-6-2-8-26-29-17/h1-2,4-6,8,12,15,18H,3,7,9-11,13H2,(H,27,30)(H,28,31,34)/t15-,18?/m1/s1. The van der Waals surface area contributed by atoms with Crippen molar-refractivity contribution >= 4 is 33.3 Å². The van der Waals surface area contributed by atoms with Gasteiger partial charge >= 0.3 is 6.36 Å². The first-order valence-electron chi connectivity index (χ1n) is 11.4. The van der Waals surface area contributed by atoms with E-state index >= 15 is 0 Å². The quantitative estimate of drug-likeness (QED) is 0.463. The zero-order valence-corrected chi connectivity index (χ0v) is 19.8. The van der Waals surface area contributed by atoms with Crippen LogP contribution in [0.2, 0.25) is 0 Å². The molecule has 2 aliphatic heterocycles. The van der Waals surface area contributed by atoms with E-state index < -0.39 is 18.3 Å². The summed E-state index contributed by atoms with van der Waals surface area (Å²) < 4.78 is 42.0. The zero-order valence-electron chi connectivity index (χ0n) is 19.0. The molecule has 10 nitrogen and oxygen atoms in total. The summed E-state index contributed by atoms with van der Waals surface area (Å²) in [7, 11) is 0. The molecule has 0 bridgehead atoms. The Morgan fingerprint density at radius 2 is 1.94 bits per heavy atom. The fourth-order valence-electron chi connectivity index (χ4n) is 4.24. The van der Waals surface area contributed by atoms with Gasteiger partial charge in [-0.1, -0.05) is 23.5 Å². The Balaban J connectivity index is 1.23. The minimum Gasteiger partial charge on any atom is -0.406 e. The van der Waals surface area contributed by atoms with Crippen molar-refractivity contribution in [2.75, 3.05) is 41.7 Å². The Bertz CT molecular complexity index is 1190. The molecule has 2 aliphatic rings. The van der Waals surface area contributed by atoms with Crippen LogP contribution in [-0.4, -0.2) is 69.8 Å². The van der Waals surface area contributed by atoms with Crippen molar-refractivity contribution < 1.29 is 22.7 Å². The smallest absolute Gasteiger partial charge is 0.406 e. The molecule has 0 saturated carbocycles. The van der Waals surface area contributed by atoms with Crippen molar-refractivity contribution in [2.45, 2.75) is 31.3 Å². The fraction of sp³-hybridized carbons (Fsp3) is 0.409. The summed E-state index contributed by atoms with van der Waals surface area (Å²) in [6.07, 6.45) is -1.40. The Hall–Kier alpha value is -3.52. The number of amides is 1. The molecule has 2 saturated heterocycles. The lowest BCUT2D eigenvalue weighted by Crippen LogP contribution is -2.45. The molecule has 36 heavy (non-hydrogen) atoms. The van der Waals surface area contributed by atoms with Crippen LogP contribution in [0.25, 0.3) is 0 Å². The number of likely N-dealkylation sites (tertiary alicyclic amines) is 1. The molecule has 2 fully saturated rings. The summed E-state index contributed by atoms with van der Waals surface area (Å²) >= 11 is 1.20. The van der Waals surface area contributed by atoms with Gasteiger partial charge in [-0.2, -0.15) is 5.10 Å². The Kier molecular flexibility index (Phi) is 6.87. The van der Waals surface area contributed by atoms with E-state index in [2.05, 4.69) is 40.7 Å². The van der Waals surface area contributed by atoms with Crippen molar-refractivity contribution in [3.8, 4) is 5.75 Å². The summed E-state index contributed by atoms with van der Waals surface area (Å²) in [6, 6.07) is 8.62. The number of ether oxygens (including phenoxy) is 1. The highest BCUT2D eigenvalue weighted by Gasteiger charge is 2.34. The SMILES string of the molecule is O=C(Nc1nnc(N[C@@H]2CCN(c3cccnn3)C2)s1)C(c1cccc(OC(F)(F)F)c1)N1CCC1. The summed E-state index contributed by atoms with van der Waals surface area (Å²) in [4.78, 5) is 17.2. The van der Waals surface area contributed by atoms with Gasteiger partial charge in [0.2, 0.25) is 16.2 Å². The van der Waals surface area contributed by atoms with Gasteiger partial charge in [-0.3, -0.25) is 15.0 Å². The van der Waals surface area contributed by atoms with Crippen LogP contribution in [0, 0.1) is 0 Å². The maximum Gasteiger partial charge on any atom is 0.573 e. The molecular formula is C22H23F3N8O2S. The summed E-state index contributed by atoms with van der Waals surface area (Å²) in [6.45, 7) is 2.88. The number of carbonyl (C=O) groups excluding carboxylic acids is 1. The number of carbonyl (C=O) groups is 1. The highest BCUT2D eigenvalue weighted by molar-refractivity contribution is 7.19. The minimum absolute atomic E-state index is 0.133. The van der Waals surface area contributed by atoms with Gasteiger partial charge in [-0.15, -0.1) is 28.5 Å². The second kappa shape index (κ2) is 10.2. The molecule has 1 amide bonds. The van der Waals surface area contributed by atoms with Gasteiger partial charge in [0.15, 0.2) is 5.82 Å². The van der Waals surface area contributed by atoms with Crippen LogP contribution >= 0.6 is 11.3 Å². The monoisotopic (exact) mass is 520 g/mol. The summed E-state index contributed by atoms with van der Waals surface area (Å²) in [5, 5.41) is 23.2. The molecular weight excluding hydrogens is 497 g/mol. The molecule has 0 radical (unpaired) electrons. The van der Waals surface area contributed by atoms with Gasteiger partial charge in [0.25, 0.3) is 0 Å². The van der Waals surface area contributed by atoms with E-state index in [0.29, 0.717) is 28.9 Å². The Morgan fingerprint density at radius 3 is 2.67 bits per heavy atom. The van der Waals surface area contributed by atoms with E-state index in [4.69, 9.17) is 0 Å². The van der Waals surface area contributed by atoms with Crippen LogP contribution in [0.4, 0.5) is 29.3 Å². The molecule has 0 spiro atoms. The van der Waals surface area contributed by atoms with Crippen LogP contribution < -0.4 is 20.3 Å². The van der Waals surface area contributed by atoms with E-state index in [-0.39, 0.29) is 11.8 Å². The van der Waals surface area contributed by atoms with Gasteiger partial charge in [0.1, 0.15) is 11.8 Å². The lowest BCUT2D eigenvalue weighted by Gasteiger charge is -2.37. The van der Waals surface area contributed by atoms with Gasteiger partial charge in [0, 0.05) is 38.4 Å². The fourth-order valence-corrected chi connectivity index (χ4v) is 4.96. The molecule has 14 heteroatoms. The minimum atomic E-state index is -4.81. The molecule has 2 N–H and O–H groups in total. The molecule has 1 aromatic carbocycles. The molecule has 190 valence electrons. The van der Waals surface area contributed by atoms with Crippen molar-refractivity contribution in [3.05, 3.63) is 48.2 Å². The molecule has 2 atom stereocenters. The lowest BCUT2D eigenvalue weighted by molar-refractivity contribution is -0.274. The number of anilines is 3. The summed E-state index contributed by atoms with van der Waals surface area (Å²) in [5.74, 6) is 0.0535. The van der Waals surface area contributed by atoms with Crippen molar-refractivity contribution in [3.63, 3.8) is 0 Å². The van der Waals surface area contributed by atoms with Gasteiger partial charge in [-0.05, 0) is 42.7 Å². The second-order valence-corrected chi connectivity index (χ2v) is 9.45. The molecule has 2 aromatic heterocycles. The van der Waals surface area contributed by atoms with Gasteiger partial charge in [0.05, 0.1) is 0 Å². The lowest BCUT2D eigenvalue weighted by atomic mass is 10.0. The molecule has 0 aliphatic carbocycles. The third-order valence-corrected chi connectivity index (χ3v) is 6.73. The Labute approximate surface area is 208 Å². The maximum absolute atomic E-state index is 13.2. The van der Waals surface area contributed by atoms with Gasteiger partial charge < -0.3 is 15.0 Å². The number of nitrogens with zero attached hydrogens (tertiary/aromatic N) is 6. The number of nitrogens with one attached hydrogen (secondary N) is 2. The highest BCUT2D eigenvalue weighted by Crippen LogP contribution is 2.32. The third-order valence-electron chi connectivity index (χ3n) is 5.96. The first-order valence-corrected chi connectivity index (χ1v) is 12.2. The van der Waals surface area contributed by atoms with E-state index in [1.807, 2.05) is 17.0 Å². The maximum atomic E-state index is 13.2. The van der Waals surface area contributed by atoms with Crippen LogP contribution in [0.5, 0.6) is 5.75 Å². The highest BCUT2D eigenvalue weighted by atomic mass is 32.1. The van der Waals surface area contributed by atoms with E-state index in [1.54, 1.807) is 12.3 Å². The third kappa shape index (κ3) is 5.82. The number of aromatic nitrogens is 4. The van der Waals surface area contributed by atoms with Gasteiger partial charge in [-0.25, -0.2) is 0 Å². The largest absolute Gasteiger partial charge is 0.573 e. The van der Waals surface area contributed by atoms with Crippen LogP contribution in [0.1, 0.15) is 24.4 Å². The summed E-state index contributed by atoms with van der Waals surface area (Å²) in [5.41, 5.74) is 0.409. The first-order chi connectivity index (χ1) is 17.3. The molecule has 3 aromatic rings. The number of halogens is 3. The number of hydrogen-bond acceptors (Lipinski definition) is 10. The predicted octanol–water partition coefficient (Wildman–Crippen LogP) is 3.30. The number of benzene rings is 1. The van der Waals surface area contributed by atoms with Crippen molar-refractivity contribution in [1.82, 2.24) is 25.3 Å².